The van der Waals surface area contributed by atoms with E-state index in [1.54, 1.807) is 8.61 Å². The first kappa shape index (κ1) is 13.8. The topological polar surface area (TPSA) is 40.6 Å². The van der Waals surface area contributed by atoms with E-state index in [9.17, 15) is 8.42 Å². The van der Waals surface area contributed by atoms with Crippen molar-refractivity contribution in [3.8, 4) is 0 Å². The van der Waals surface area contributed by atoms with E-state index in [4.69, 9.17) is 0 Å². The van der Waals surface area contributed by atoms with Gasteiger partial charge in [-0.25, -0.2) is 0 Å². The van der Waals surface area contributed by atoms with Gasteiger partial charge in [-0.1, -0.05) is 29.8 Å². The Morgan fingerprint density at radius 3 is 2.06 bits per heavy atom. The largest absolute Gasteiger partial charge is 0.282 e. The zero-order valence-electron chi connectivity index (χ0n) is 10.5. The van der Waals surface area contributed by atoms with Crippen LogP contribution in [0.2, 0.25) is 0 Å². The molecule has 2 saturated heterocycles. The van der Waals surface area contributed by atoms with E-state index < -0.39 is 10.2 Å². The van der Waals surface area contributed by atoms with Crippen molar-refractivity contribution in [1.29, 1.82) is 0 Å². The first-order valence-corrected chi connectivity index (χ1v) is 8.74. The molecule has 6 heteroatoms. The van der Waals surface area contributed by atoms with Crippen molar-refractivity contribution >= 4 is 26.1 Å². The third-order valence-electron chi connectivity index (χ3n) is 3.91. The Morgan fingerprint density at radius 1 is 1.18 bits per heavy atom. The summed E-state index contributed by atoms with van der Waals surface area (Å²) in [5.74, 6) is 0. The summed E-state index contributed by atoms with van der Waals surface area (Å²) in [6.07, 6.45) is 3.95. The molecule has 2 rings (SSSR count). The maximum atomic E-state index is 12.6. The molecule has 4 nitrogen and oxygen atoms in total. The molecule has 2 unspecified atom stereocenters. The van der Waals surface area contributed by atoms with Crippen LogP contribution in [0.4, 0.5) is 0 Å². The normalized spacial score (nSPS) is 34.5. The van der Waals surface area contributed by atoms with E-state index in [2.05, 4.69) is 15.9 Å². The monoisotopic (exact) mass is 324 g/mol. The Balaban J connectivity index is 2.23. The highest BCUT2D eigenvalue weighted by Gasteiger charge is 2.47. The lowest BCUT2D eigenvalue weighted by atomic mass is 10.1. The molecular weight excluding hydrogens is 304 g/mol. The number of rotatable bonds is 4. The molecule has 100 valence electrons. The SMILES string of the molecule is CCN(CC)S(=O)(=O)N1C2CCC1CC(Br)C2. The van der Waals surface area contributed by atoms with Crippen molar-refractivity contribution in [1.82, 2.24) is 8.61 Å². The molecule has 2 aliphatic rings. The Labute approximate surface area is 113 Å². The molecule has 0 radical (unpaired) electrons. The Hall–Kier alpha value is 0.350. The maximum Gasteiger partial charge on any atom is 0.282 e. The van der Waals surface area contributed by atoms with Gasteiger partial charge in [-0.15, -0.1) is 0 Å². The molecule has 2 fully saturated rings. The third kappa shape index (κ3) is 2.41. The number of halogens is 1. The lowest BCUT2D eigenvalue weighted by molar-refractivity contribution is 0.234. The van der Waals surface area contributed by atoms with Crippen molar-refractivity contribution in [2.45, 2.75) is 56.4 Å². The molecule has 17 heavy (non-hydrogen) atoms. The summed E-state index contributed by atoms with van der Waals surface area (Å²) in [4.78, 5) is 0.489. The molecule has 0 aliphatic carbocycles. The van der Waals surface area contributed by atoms with Gasteiger partial charge in [0, 0.05) is 30.0 Å². The lowest BCUT2D eigenvalue weighted by Gasteiger charge is -2.38. The highest BCUT2D eigenvalue weighted by molar-refractivity contribution is 9.09. The molecule has 0 saturated carbocycles. The summed E-state index contributed by atoms with van der Waals surface area (Å²) < 4.78 is 28.5. The Bertz CT molecular complexity index is 356. The van der Waals surface area contributed by atoms with E-state index in [1.807, 2.05) is 13.8 Å². The van der Waals surface area contributed by atoms with Crippen molar-refractivity contribution in [3.05, 3.63) is 0 Å². The van der Waals surface area contributed by atoms with Crippen molar-refractivity contribution in [3.63, 3.8) is 0 Å². The predicted octanol–water partition coefficient (Wildman–Crippen LogP) is 1.96. The van der Waals surface area contributed by atoms with Crippen LogP contribution in [0, 0.1) is 0 Å². The molecule has 0 aromatic carbocycles. The summed E-state index contributed by atoms with van der Waals surface area (Å²) in [5.41, 5.74) is 0. The second kappa shape index (κ2) is 5.15. The van der Waals surface area contributed by atoms with Crippen LogP contribution >= 0.6 is 15.9 Å². The fraction of sp³-hybridized carbons (Fsp3) is 1.00. The van der Waals surface area contributed by atoms with Gasteiger partial charge in [0.05, 0.1) is 0 Å². The summed E-state index contributed by atoms with van der Waals surface area (Å²) in [6.45, 7) is 4.93. The molecule has 2 bridgehead atoms. The zero-order valence-corrected chi connectivity index (χ0v) is 12.9. The van der Waals surface area contributed by atoms with Gasteiger partial charge in [0.2, 0.25) is 0 Å². The molecular formula is C11H21BrN2O2S. The molecule has 0 aromatic heterocycles. The highest BCUT2D eigenvalue weighted by atomic mass is 79.9. The summed E-state index contributed by atoms with van der Waals surface area (Å²) in [6, 6.07) is 0.424. The van der Waals surface area contributed by atoms with Gasteiger partial charge in [-0.05, 0) is 25.7 Å². The van der Waals surface area contributed by atoms with Crippen LogP contribution in [0.3, 0.4) is 0 Å². The molecule has 0 aromatic rings. The van der Waals surface area contributed by atoms with E-state index in [0.29, 0.717) is 17.9 Å². The summed E-state index contributed by atoms with van der Waals surface area (Å²) in [7, 11) is -3.24. The van der Waals surface area contributed by atoms with E-state index in [-0.39, 0.29) is 12.1 Å². The second-order valence-electron chi connectivity index (χ2n) is 4.88. The van der Waals surface area contributed by atoms with E-state index >= 15 is 0 Å². The van der Waals surface area contributed by atoms with Gasteiger partial charge in [0.1, 0.15) is 0 Å². The lowest BCUT2D eigenvalue weighted by Crippen LogP contribution is -2.52. The summed E-state index contributed by atoms with van der Waals surface area (Å²) >= 11 is 3.64. The van der Waals surface area contributed by atoms with Gasteiger partial charge >= 0.3 is 0 Å². The Kier molecular flexibility index (Phi) is 4.17. The number of alkyl halides is 1. The second-order valence-corrected chi connectivity index (χ2v) is 8.00. The molecule has 0 N–H and O–H groups in total. The quantitative estimate of drug-likeness (QED) is 0.742. The minimum Gasteiger partial charge on any atom is -0.195 e. The fourth-order valence-electron chi connectivity index (χ4n) is 3.13. The fourth-order valence-corrected chi connectivity index (χ4v) is 6.05. The third-order valence-corrected chi connectivity index (χ3v) is 6.95. The van der Waals surface area contributed by atoms with Crippen LogP contribution in [0.5, 0.6) is 0 Å². The number of hydrogen-bond acceptors (Lipinski definition) is 2. The van der Waals surface area contributed by atoms with Crippen LogP contribution in [0.15, 0.2) is 0 Å². The number of piperidine rings is 1. The van der Waals surface area contributed by atoms with Crippen molar-refractivity contribution < 1.29 is 8.42 Å². The van der Waals surface area contributed by atoms with E-state index in [1.165, 1.54) is 0 Å². The van der Waals surface area contributed by atoms with Gasteiger partial charge < -0.3 is 0 Å². The molecule has 2 aliphatic heterocycles. The molecule has 0 amide bonds. The minimum absolute atomic E-state index is 0.212. The van der Waals surface area contributed by atoms with Gasteiger partial charge in [0.25, 0.3) is 10.2 Å². The maximum absolute atomic E-state index is 12.6. The smallest absolute Gasteiger partial charge is 0.195 e. The van der Waals surface area contributed by atoms with Crippen molar-refractivity contribution in [2.75, 3.05) is 13.1 Å². The first-order chi connectivity index (χ1) is 8.00. The first-order valence-electron chi connectivity index (χ1n) is 6.43. The van der Waals surface area contributed by atoms with Gasteiger partial charge in [0.15, 0.2) is 0 Å². The highest BCUT2D eigenvalue weighted by Crippen LogP contribution is 2.40. The number of nitrogens with zero attached hydrogens (tertiary/aromatic N) is 2. The molecule has 2 heterocycles. The zero-order chi connectivity index (χ0) is 12.6. The average Bonchev–Trinajstić information content (AvgIpc) is 2.54. The Morgan fingerprint density at radius 2 is 1.65 bits per heavy atom. The number of fused-ring (bicyclic) bond motifs is 2. The summed E-state index contributed by atoms with van der Waals surface area (Å²) in [5, 5.41) is 0. The van der Waals surface area contributed by atoms with Crippen LogP contribution in [0.1, 0.15) is 39.5 Å². The predicted molar refractivity (Wildman–Crippen MR) is 72.4 cm³/mol. The van der Waals surface area contributed by atoms with Crippen LogP contribution in [0.25, 0.3) is 0 Å². The molecule has 0 spiro atoms. The molecule has 2 atom stereocenters. The minimum atomic E-state index is -3.24. The van der Waals surface area contributed by atoms with Crippen LogP contribution in [-0.4, -0.2) is 47.0 Å². The standard InChI is InChI=1S/C11H21BrN2O2S/c1-3-13(4-2)17(15,16)14-10-5-6-11(14)8-9(12)7-10/h9-11H,3-8H2,1-2H3. The number of hydrogen-bond donors (Lipinski definition) is 0. The van der Waals surface area contributed by atoms with E-state index in [0.717, 1.165) is 25.7 Å². The van der Waals surface area contributed by atoms with Crippen molar-refractivity contribution in [2.24, 2.45) is 0 Å². The average molecular weight is 325 g/mol. The van der Waals surface area contributed by atoms with Gasteiger partial charge in [-0.3, -0.25) is 0 Å². The van der Waals surface area contributed by atoms with Crippen LogP contribution < -0.4 is 0 Å². The van der Waals surface area contributed by atoms with Crippen LogP contribution in [-0.2, 0) is 10.2 Å². The van der Waals surface area contributed by atoms with Gasteiger partial charge in [-0.2, -0.15) is 17.0 Å².